The van der Waals surface area contributed by atoms with E-state index in [2.05, 4.69) is 72.8 Å². The predicted molar refractivity (Wildman–Crippen MR) is 88.6 cm³/mol. The summed E-state index contributed by atoms with van der Waals surface area (Å²) in [5.41, 5.74) is 8.97. The summed E-state index contributed by atoms with van der Waals surface area (Å²) in [6.07, 6.45) is 0. The fourth-order valence-electron chi connectivity index (χ4n) is 4.12. The third-order valence-corrected chi connectivity index (χ3v) is 4.85. The van der Waals surface area contributed by atoms with Gasteiger partial charge in [-0.25, -0.2) is 0 Å². The van der Waals surface area contributed by atoms with Crippen LogP contribution < -0.4 is 32.8 Å². The summed E-state index contributed by atoms with van der Waals surface area (Å²) in [5.74, 6) is 0. The highest BCUT2D eigenvalue weighted by molar-refractivity contribution is 7.17. The molecule has 3 heterocycles. The number of hydrogen-bond donors (Lipinski definition) is 0. The van der Waals surface area contributed by atoms with E-state index in [4.69, 9.17) is 0 Å². The highest BCUT2D eigenvalue weighted by Gasteiger charge is 2.44. The van der Waals surface area contributed by atoms with Crippen LogP contribution in [-0.4, -0.2) is 13.4 Å². The van der Waals surface area contributed by atoms with E-state index in [9.17, 15) is 0 Å². The van der Waals surface area contributed by atoms with Crippen LogP contribution in [0, 0.1) is 0 Å². The molecule has 3 aromatic carbocycles. The zero-order valence-corrected chi connectivity index (χ0v) is 11.1. The second-order valence-electron chi connectivity index (χ2n) is 5.75. The Balaban J connectivity index is 1.93. The van der Waals surface area contributed by atoms with Gasteiger partial charge in [-0.05, 0) is 0 Å². The molecule has 0 unspecified atom stereocenters. The van der Waals surface area contributed by atoms with Crippen LogP contribution in [0.4, 0.5) is 0 Å². The molecule has 0 amide bonds. The maximum absolute atomic E-state index is 2.30. The molecule has 0 atom stereocenters. The second-order valence-corrected chi connectivity index (χ2v) is 5.75. The largest absolute Gasteiger partial charge is 0.239 e. The summed E-state index contributed by atoms with van der Waals surface area (Å²) in [6.45, 7) is 0.840. The summed E-state index contributed by atoms with van der Waals surface area (Å²) >= 11 is 0. The molecule has 0 spiro atoms. The van der Waals surface area contributed by atoms with Gasteiger partial charge in [0.05, 0.1) is 0 Å². The lowest BCUT2D eigenvalue weighted by molar-refractivity contribution is 1.70. The van der Waals surface area contributed by atoms with Crippen molar-refractivity contribution in [3.8, 4) is 0 Å². The monoisotopic (exact) mass is 250 g/mol. The van der Waals surface area contributed by atoms with Crippen LogP contribution in [0.3, 0.4) is 0 Å². The molecule has 0 aliphatic carbocycles. The van der Waals surface area contributed by atoms with Gasteiger partial charge in [0.1, 0.15) is 0 Å². The SMILES string of the molecule is c1ccc2c(c1)B1c3ccccc3B2c2ccccc21. The molecule has 0 fully saturated rings. The average molecular weight is 250 g/mol. The van der Waals surface area contributed by atoms with E-state index >= 15 is 0 Å². The van der Waals surface area contributed by atoms with E-state index in [1.165, 1.54) is 32.8 Å². The maximum Gasteiger partial charge on any atom is 0.239 e. The van der Waals surface area contributed by atoms with Crippen LogP contribution in [0.1, 0.15) is 0 Å². The highest BCUT2D eigenvalue weighted by atomic mass is 14.2. The molecular weight excluding hydrogens is 238 g/mol. The van der Waals surface area contributed by atoms with Crippen LogP contribution >= 0.6 is 0 Å². The van der Waals surface area contributed by atoms with Gasteiger partial charge in [-0.1, -0.05) is 106 Å². The summed E-state index contributed by atoms with van der Waals surface area (Å²) in [5, 5.41) is 0. The standard InChI is InChI=1S/C18H12B2/c1-2-8-14-13(7-1)19-15-9-3-5-11-17(15)20(14)18-12-6-4-10-16(18)19/h1-12H. The smallest absolute Gasteiger partial charge is 0.0733 e. The summed E-state index contributed by atoms with van der Waals surface area (Å²) in [7, 11) is 0. The van der Waals surface area contributed by atoms with Crippen molar-refractivity contribution in [2.45, 2.75) is 0 Å². The Morgan fingerprint density at radius 3 is 0.750 bits per heavy atom. The first kappa shape index (κ1) is 10.6. The van der Waals surface area contributed by atoms with Crippen LogP contribution in [0.25, 0.3) is 0 Å². The number of benzene rings is 3. The van der Waals surface area contributed by atoms with E-state index in [1.807, 2.05) is 0 Å². The van der Waals surface area contributed by atoms with Crippen molar-refractivity contribution in [2.75, 3.05) is 0 Å². The van der Waals surface area contributed by atoms with Crippen molar-refractivity contribution in [3.05, 3.63) is 72.8 Å². The van der Waals surface area contributed by atoms with Gasteiger partial charge in [-0.15, -0.1) is 0 Å². The number of hydrogen-bond acceptors (Lipinski definition) is 0. The lowest BCUT2D eigenvalue weighted by Gasteiger charge is -2.39. The van der Waals surface area contributed by atoms with E-state index in [-0.39, 0.29) is 0 Å². The summed E-state index contributed by atoms with van der Waals surface area (Å²) in [4.78, 5) is 0. The fourth-order valence-corrected chi connectivity index (χ4v) is 4.12. The van der Waals surface area contributed by atoms with Gasteiger partial charge in [0.15, 0.2) is 0 Å². The van der Waals surface area contributed by atoms with Crippen molar-refractivity contribution >= 4 is 46.2 Å². The summed E-state index contributed by atoms with van der Waals surface area (Å²) in [6, 6.07) is 26.9. The van der Waals surface area contributed by atoms with Crippen molar-refractivity contribution in [1.82, 2.24) is 0 Å². The molecular formula is C18H12B2. The van der Waals surface area contributed by atoms with Gasteiger partial charge in [-0.3, -0.25) is 0 Å². The quantitative estimate of drug-likeness (QED) is 0.320. The van der Waals surface area contributed by atoms with Crippen LogP contribution in [0.15, 0.2) is 72.8 Å². The molecule has 0 nitrogen and oxygen atoms in total. The Morgan fingerprint density at radius 2 is 0.550 bits per heavy atom. The number of rotatable bonds is 0. The molecule has 6 rings (SSSR count). The van der Waals surface area contributed by atoms with Gasteiger partial charge in [-0.2, -0.15) is 0 Å². The zero-order valence-electron chi connectivity index (χ0n) is 11.1. The molecule has 3 aromatic rings. The normalized spacial score (nSPS) is 13.8. The van der Waals surface area contributed by atoms with Crippen molar-refractivity contribution in [2.24, 2.45) is 0 Å². The van der Waals surface area contributed by atoms with Gasteiger partial charge in [0.25, 0.3) is 0 Å². The van der Waals surface area contributed by atoms with Crippen LogP contribution in [-0.2, 0) is 0 Å². The second kappa shape index (κ2) is 3.67. The maximum atomic E-state index is 2.30. The van der Waals surface area contributed by atoms with Crippen LogP contribution in [0.2, 0.25) is 0 Å². The first-order valence-corrected chi connectivity index (χ1v) is 7.21. The van der Waals surface area contributed by atoms with Gasteiger partial charge in [0, 0.05) is 0 Å². The Morgan fingerprint density at radius 1 is 0.350 bits per heavy atom. The zero-order chi connectivity index (χ0) is 13.1. The van der Waals surface area contributed by atoms with E-state index in [1.54, 1.807) is 0 Å². The van der Waals surface area contributed by atoms with E-state index in [0.29, 0.717) is 13.4 Å². The first-order chi connectivity index (χ1) is 9.95. The lowest BCUT2D eigenvalue weighted by Crippen LogP contribution is -2.83. The fraction of sp³-hybridized carbons (Fsp3) is 0. The Kier molecular flexibility index (Phi) is 1.94. The Hall–Kier alpha value is -2.21. The minimum Gasteiger partial charge on any atom is -0.0733 e. The molecule has 0 N–H and O–H groups in total. The van der Waals surface area contributed by atoms with Gasteiger partial charge < -0.3 is 0 Å². The Bertz CT molecular complexity index is 656. The van der Waals surface area contributed by atoms with E-state index < -0.39 is 0 Å². The molecule has 0 saturated carbocycles. The van der Waals surface area contributed by atoms with Crippen molar-refractivity contribution < 1.29 is 0 Å². The lowest BCUT2D eigenvalue weighted by atomic mass is 9.14. The molecule has 3 aliphatic heterocycles. The molecule has 3 aliphatic rings. The first-order valence-electron chi connectivity index (χ1n) is 7.21. The molecule has 90 valence electrons. The topological polar surface area (TPSA) is 0 Å². The predicted octanol–water partition coefficient (Wildman–Crippen LogP) is -0.654. The van der Waals surface area contributed by atoms with Gasteiger partial charge >= 0.3 is 0 Å². The summed E-state index contributed by atoms with van der Waals surface area (Å²) < 4.78 is 0. The average Bonchev–Trinajstić information content (AvgIpc) is 2.54. The Labute approximate surface area is 119 Å². The van der Waals surface area contributed by atoms with Crippen molar-refractivity contribution in [3.63, 3.8) is 0 Å². The van der Waals surface area contributed by atoms with Gasteiger partial charge in [0.2, 0.25) is 13.4 Å². The molecule has 0 aromatic heterocycles. The molecule has 20 heavy (non-hydrogen) atoms. The molecule has 0 saturated heterocycles. The molecule has 2 heteroatoms. The minimum absolute atomic E-state index is 0.420. The van der Waals surface area contributed by atoms with Crippen molar-refractivity contribution in [1.29, 1.82) is 0 Å². The highest BCUT2D eigenvalue weighted by Crippen LogP contribution is 2.06. The van der Waals surface area contributed by atoms with Crippen LogP contribution in [0.5, 0.6) is 0 Å². The third kappa shape index (κ3) is 1.15. The molecule has 2 bridgehead atoms. The minimum atomic E-state index is 0.420. The van der Waals surface area contributed by atoms with E-state index in [0.717, 1.165) is 0 Å². The molecule has 0 radical (unpaired) electrons. The third-order valence-electron chi connectivity index (χ3n) is 4.85.